The van der Waals surface area contributed by atoms with Gasteiger partial charge in [0.05, 0.1) is 32.7 Å². The van der Waals surface area contributed by atoms with Crippen LogP contribution >= 0.6 is 0 Å². The molecule has 7 heteroatoms. The summed E-state index contributed by atoms with van der Waals surface area (Å²) in [7, 11) is 4.56. The number of hydrogen-bond donors (Lipinski definition) is 2. The number of benzene rings is 2. The van der Waals surface area contributed by atoms with Gasteiger partial charge in [-0.2, -0.15) is 0 Å². The van der Waals surface area contributed by atoms with Gasteiger partial charge in [-0.05, 0) is 55.0 Å². The smallest absolute Gasteiger partial charge is 0.255 e. The Labute approximate surface area is 184 Å². The first-order valence-electron chi connectivity index (χ1n) is 10.5. The molecule has 31 heavy (non-hydrogen) atoms. The van der Waals surface area contributed by atoms with Crippen LogP contribution in [0.1, 0.15) is 36.2 Å². The monoisotopic (exact) mass is 427 g/mol. The fraction of sp³-hybridized carbons (Fsp3) is 0.458. The largest absolute Gasteiger partial charge is 0.493 e. The summed E-state index contributed by atoms with van der Waals surface area (Å²) in [6, 6.07) is 7.14. The highest BCUT2D eigenvalue weighted by atomic mass is 16.5. The number of hydrogen-bond acceptors (Lipinski definition) is 6. The van der Waals surface area contributed by atoms with Crippen LogP contribution in [0.4, 0.5) is 17.1 Å². The van der Waals surface area contributed by atoms with Gasteiger partial charge in [0, 0.05) is 24.3 Å². The molecular weight excluding hydrogens is 394 g/mol. The van der Waals surface area contributed by atoms with Crippen LogP contribution in [0.5, 0.6) is 17.2 Å². The molecular formula is C24H33N3O4. The molecule has 1 aliphatic heterocycles. The Morgan fingerprint density at radius 2 is 1.58 bits per heavy atom. The molecule has 0 aliphatic carbocycles. The molecule has 3 N–H and O–H groups in total. The zero-order valence-electron chi connectivity index (χ0n) is 19.2. The molecule has 2 aromatic rings. The quantitative estimate of drug-likeness (QED) is 0.667. The van der Waals surface area contributed by atoms with Crippen LogP contribution < -0.4 is 30.2 Å². The summed E-state index contributed by atoms with van der Waals surface area (Å²) in [5.41, 5.74) is 9.96. The van der Waals surface area contributed by atoms with Gasteiger partial charge < -0.3 is 30.2 Å². The molecule has 1 fully saturated rings. The number of nitrogens with one attached hydrogen (secondary N) is 1. The van der Waals surface area contributed by atoms with Gasteiger partial charge >= 0.3 is 0 Å². The standard InChI is InChI=1S/C24H33N3O4/c1-14-7-15(2)13-27(12-14)20-11-19(18(25)8-16(20)3)26-24(28)17-9-21(29-4)23(31-6)22(10-17)30-5/h8-11,14-15H,7,12-13,25H2,1-6H3,(H,26,28). The summed E-state index contributed by atoms with van der Waals surface area (Å²) < 4.78 is 16.1. The zero-order valence-corrected chi connectivity index (χ0v) is 19.2. The number of nitrogen functional groups attached to an aromatic ring is 1. The van der Waals surface area contributed by atoms with Crippen LogP contribution in [-0.4, -0.2) is 40.3 Å². The Balaban J connectivity index is 1.91. The maximum absolute atomic E-state index is 13.0. The third-order valence-electron chi connectivity index (χ3n) is 5.75. The summed E-state index contributed by atoms with van der Waals surface area (Å²) in [6.07, 6.45) is 1.23. The highest BCUT2D eigenvalue weighted by molar-refractivity contribution is 6.07. The number of piperidine rings is 1. The van der Waals surface area contributed by atoms with Crippen molar-refractivity contribution in [3.8, 4) is 17.2 Å². The van der Waals surface area contributed by atoms with E-state index in [2.05, 4.69) is 31.0 Å². The van der Waals surface area contributed by atoms with Crippen molar-refractivity contribution < 1.29 is 19.0 Å². The number of nitrogens with zero attached hydrogens (tertiary/aromatic N) is 1. The van der Waals surface area contributed by atoms with E-state index >= 15 is 0 Å². The molecule has 1 heterocycles. The SMILES string of the molecule is COc1cc(C(=O)Nc2cc(N3CC(C)CC(C)C3)c(C)cc2N)cc(OC)c1OC. The van der Waals surface area contributed by atoms with E-state index in [-0.39, 0.29) is 5.91 Å². The van der Waals surface area contributed by atoms with E-state index in [9.17, 15) is 4.79 Å². The third kappa shape index (κ3) is 4.81. The van der Waals surface area contributed by atoms with Crippen LogP contribution in [0.3, 0.4) is 0 Å². The van der Waals surface area contributed by atoms with E-state index < -0.39 is 0 Å². The summed E-state index contributed by atoms with van der Waals surface area (Å²) >= 11 is 0. The second kappa shape index (κ2) is 9.37. The minimum absolute atomic E-state index is 0.305. The molecule has 7 nitrogen and oxygen atoms in total. The number of carbonyl (C=O) groups excluding carboxylic acids is 1. The van der Waals surface area contributed by atoms with Crippen LogP contribution in [0.2, 0.25) is 0 Å². The lowest BCUT2D eigenvalue weighted by Gasteiger charge is -2.37. The first-order chi connectivity index (χ1) is 14.8. The normalized spacial score (nSPS) is 18.5. The Kier molecular flexibility index (Phi) is 6.83. The van der Waals surface area contributed by atoms with Gasteiger partial charge in [-0.25, -0.2) is 0 Å². The average molecular weight is 428 g/mol. The second-order valence-corrected chi connectivity index (χ2v) is 8.45. The molecule has 0 aromatic heterocycles. The Morgan fingerprint density at radius 1 is 1.00 bits per heavy atom. The number of nitrogens with two attached hydrogens (primary N) is 1. The molecule has 3 rings (SSSR count). The molecule has 2 atom stereocenters. The van der Waals surface area contributed by atoms with Crippen LogP contribution in [-0.2, 0) is 0 Å². The van der Waals surface area contributed by atoms with Gasteiger partial charge in [0.2, 0.25) is 5.75 Å². The van der Waals surface area contributed by atoms with Crippen molar-refractivity contribution in [3.63, 3.8) is 0 Å². The summed E-state index contributed by atoms with van der Waals surface area (Å²) in [5.74, 6) is 2.21. The number of anilines is 3. The summed E-state index contributed by atoms with van der Waals surface area (Å²) in [5, 5.41) is 2.95. The van der Waals surface area contributed by atoms with Gasteiger partial charge in [-0.3, -0.25) is 4.79 Å². The number of ether oxygens (including phenoxy) is 3. The lowest BCUT2D eigenvalue weighted by Crippen LogP contribution is -2.39. The molecule has 168 valence electrons. The predicted octanol–water partition coefficient (Wildman–Crippen LogP) is 4.34. The molecule has 2 unspecified atom stereocenters. The highest BCUT2D eigenvalue weighted by Crippen LogP contribution is 2.39. The Morgan fingerprint density at radius 3 is 2.10 bits per heavy atom. The molecule has 0 spiro atoms. The maximum Gasteiger partial charge on any atom is 0.255 e. The lowest BCUT2D eigenvalue weighted by atomic mass is 9.91. The fourth-order valence-electron chi connectivity index (χ4n) is 4.43. The van der Waals surface area contributed by atoms with Crippen molar-refractivity contribution in [2.24, 2.45) is 11.8 Å². The van der Waals surface area contributed by atoms with E-state index in [4.69, 9.17) is 19.9 Å². The van der Waals surface area contributed by atoms with Gasteiger partial charge in [-0.15, -0.1) is 0 Å². The predicted molar refractivity (Wildman–Crippen MR) is 125 cm³/mol. The fourth-order valence-corrected chi connectivity index (χ4v) is 4.43. The van der Waals surface area contributed by atoms with Crippen LogP contribution in [0, 0.1) is 18.8 Å². The van der Waals surface area contributed by atoms with Crippen molar-refractivity contribution in [3.05, 3.63) is 35.4 Å². The van der Waals surface area contributed by atoms with Crippen molar-refractivity contribution in [2.45, 2.75) is 27.2 Å². The van der Waals surface area contributed by atoms with E-state index in [0.29, 0.717) is 46.0 Å². The molecule has 1 amide bonds. The third-order valence-corrected chi connectivity index (χ3v) is 5.75. The molecule has 1 aliphatic rings. The average Bonchev–Trinajstić information content (AvgIpc) is 2.73. The number of rotatable bonds is 6. The summed E-state index contributed by atoms with van der Waals surface area (Å²) in [6.45, 7) is 8.61. The molecule has 0 bridgehead atoms. The topological polar surface area (TPSA) is 86.1 Å². The van der Waals surface area contributed by atoms with Crippen molar-refractivity contribution >= 4 is 23.0 Å². The lowest BCUT2D eigenvalue weighted by molar-refractivity contribution is 0.102. The van der Waals surface area contributed by atoms with E-state index in [1.807, 2.05) is 12.1 Å². The molecule has 0 saturated carbocycles. The zero-order chi connectivity index (χ0) is 22.7. The van der Waals surface area contributed by atoms with Crippen molar-refractivity contribution in [2.75, 3.05) is 50.4 Å². The minimum Gasteiger partial charge on any atom is -0.493 e. The first kappa shape index (κ1) is 22.6. The number of carbonyl (C=O) groups is 1. The number of amides is 1. The van der Waals surface area contributed by atoms with Gasteiger partial charge in [0.1, 0.15) is 0 Å². The molecule has 1 saturated heterocycles. The molecule has 0 radical (unpaired) electrons. The number of methoxy groups -OCH3 is 3. The van der Waals surface area contributed by atoms with Gasteiger partial charge in [0.15, 0.2) is 11.5 Å². The first-order valence-corrected chi connectivity index (χ1v) is 10.5. The highest BCUT2D eigenvalue weighted by Gasteiger charge is 2.24. The van der Waals surface area contributed by atoms with Gasteiger partial charge in [0.25, 0.3) is 5.91 Å². The van der Waals surface area contributed by atoms with E-state index in [1.165, 1.54) is 27.8 Å². The van der Waals surface area contributed by atoms with Crippen molar-refractivity contribution in [1.29, 1.82) is 0 Å². The van der Waals surface area contributed by atoms with Crippen LogP contribution in [0.15, 0.2) is 24.3 Å². The van der Waals surface area contributed by atoms with Crippen LogP contribution in [0.25, 0.3) is 0 Å². The van der Waals surface area contributed by atoms with E-state index in [1.54, 1.807) is 12.1 Å². The summed E-state index contributed by atoms with van der Waals surface area (Å²) in [4.78, 5) is 15.4. The number of aryl methyl sites for hydroxylation is 1. The Bertz CT molecular complexity index is 925. The van der Waals surface area contributed by atoms with Crippen molar-refractivity contribution in [1.82, 2.24) is 0 Å². The maximum atomic E-state index is 13.0. The minimum atomic E-state index is -0.305. The van der Waals surface area contributed by atoms with E-state index in [0.717, 1.165) is 24.3 Å². The Hall–Kier alpha value is -3.09. The van der Waals surface area contributed by atoms with Gasteiger partial charge in [-0.1, -0.05) is 13.8 Å². The second-order valence-electron chi connectivity index (χ2n) is 8.45. The molecule has 2 aromatic carbocycles.